The van der Waals surface area contributed by atoms with Crippen molar-refractivity contribution in [3.8, 4) is 0 Å². The van der Waals surface area contributed by atoms with Crippen LogP contribution in [0.4, 0.5) is 0 Å². The molecular weight excluding hydrogens is 492 g/mol. The van der Waals surface area contributed by atoms with Gasteiger partial charge in [0.2, 0.25) is 0 Å². The molecular formula is C36H62O2Si. The highest BCUT2D eigenvalue weighted by molar-refractivity contribution is 6.73. The highest BCUT2D eigenvalue weighted by Crippen LogP contribution is 2.75. The molecule has 0 aliphatic heterocycles. The van der Waals surface area contributed by atoms with Gasteiger partial charge >= 0.3 is 0 Å². The van der Waals surface area contributed by atoms with E-state index in [1.807, 2.05) is 0 Å². The molecule has 0 heterocycles. The second-order valence-electron chi connectivity index (χ2n) is 17.3. The highest BCUT2D eigenvalue weighted by atomic mass is 28.4. The van der Waals surface area contributed by atoms with Crippen LogP contribution in [0.3, 0.4) is 0 Å². The first-order valence-corrected chi connectivity index (χ1v) is 19.5. The summed E-state index contributed by atoms with van der Waals surface area (Å²) in [5, 5.41) is 0. The van der Waals surface area contributed by atoms with E-state index >= 15 is 0 Å². The zero-order valence-corrected chi connectivity index (χ0v) is 28.5. The lowest BCUT2D eigenvalue weighted by atomic mass is 9.33. The Morgan fingerprint density at radius 2 is 1.49 bits per heavy atom. The maximum atomic E-state index is 12.7. The van der Waals surface area contributed by atoms with E-state index in [0.717, 1.165) is 24.7 Å². The third-order valence-electron chi connectivity index (χ3n) is 15.2. The SMILES string of the molecule is CC[Si](CC)(CC)O[C@H]1CC[C@@]2(C)C(CC[C@]3(C)C2CC=C2[C@@H]4CC(C)(C)CC[C@]4(C=O)CC[C@@]23C)C1(C)C. The van der Waals surface area contributed by atoms with Crippen LogP contribution in [-0.2, 0) is 9.22 Å². The van der Waals surface area contributed by atoms with E-state index in [1.54, 1.807) is 5.57 Å². The molecule has 4 fully saturated rings. The largest absolute Gasteiger partial charge is 0.413 e. The maximum absolute atomic E-state index is 12.7. The molecule has 0 saturated heterocycles. The summed E-state index contributed by atoms with van der Waals surface area (Å²) in [5.74, 6) is 1.91. The number of carbonyl (C=O) groups is 1. The van der Waals surface area contributed by atoms with Crippen molar-refractivity contribution in [2.75, 3.05) is 0 Å². The average Bonchev–Trinajstić information content (AvgIpc) is 2.89. The topological polar surface area (TPSA) is 26.3 Å². The van der Waals surface area contributed by atoms with Crippen LogP contribution in [0, 0.1) is 50.2 Å². The van der Waals surface area contributed by atoms with Gasteiger partial charge in [-0.05, 0) is 127 Å². The predicted octanol–water partition coefficient (Wildman–Crippen LogP) is 10.4. The summed E-state index contributed by atoms with van der Waals surface area (Å²) in [5.41, 5.74) is 3.07. The molecule has 3 heteroatoms. The van der Waals surface area contributed by atoms with Gasteiger partial charge in [0, 0.05) is 5.41 Å². The van der Waals surface area contributed by atoms with Crippen molar-refractivity contribution >= 4 is 14.6 Å². The molecule has 39 heavy (non-hydrogen) atoms. The van der Waals surface area contributed by atoms with Crippen molar-refractivity contribution in [2.24, 2.45) is 50.2 Å². The smallest absolute Gasteiger partial charge is 0.192 e. The van der Waals surface area contributed by atoms with Gasteiger partial charge in [-0.2, -0.15) is 0 Å². The Kier molecular flexibility index (Phi) is 7.36. The lowest BCUT2D eigenvalue weighted by molar-refractivity contribution is -0.200. The molecule has 0 amide bonds. The van der Waals surface area contributed by atoms with Crippen molar-refractivity contribution in [3.05, 3.63) is 11.6 Å². The summed E-state index contributed by atoms with van der Waals surface area (Å²) in [7, 11) is -1.64. The number of rotatable bonds is 6. The van der Waals surface area contributed by atoms with Crippen molar-refractivity contribution < 1.29 is 9.22 Å². The van der Waals surface area contributed by atoms with Crippen molar-refractivity contribution in [3.63, 3.8) is 0 Å². The van der Waals surface area contributed by atoms with Gasteiger partial charge in [0.1, 0.15) is 6.29 Å². The van der Waals surface area contributed by atoms with E-state index in [9.17, 15) is 4.79 Å². The lowest BCUT2D eigenvalue weighted by Crippen LogP contribution is -2.65. The van der Waals surface area contributed by atoms with E-state index in [4.69, 9.17) is 4.43 Å². The van der Waals surface area contributed by atoms with Crippen molar-refractivity contribution in [1.29, 1.82) is 0 Å². The second kappa shape index (κ2) is 9.55. The predicted molar refractivity (Wildman–Crippen MR) is 167 cm³/mol. The quantitative estimate of drug-likeness (QED) is 0.185. The summed E-state index contributed by atoms with van der Waals surface area (Å²) in [6.45, 7) is 25.3. The summed E-state index contributed by atoms with van der Waals surface area (Å²) < 4.78 is 7.30. The van der Waals surface area contributed by atoms with Gasteiger partial charge in [-0.1, -0.05) is 80.9 Å². The van der Waals surface area contributed by atoms with Crippen molar-refractivity contribution in [1.82, 2.24) is 0 Å². The Hall–Kier alpha value is -0.413. The molecule has 5 aliphatic carbocycles. The van der Waals surface area contributed by atoms with Crippen molar-refractivity contribution in [2.45, 2.75) is 158 Å². The average molecular weight is 555 g/mol. The normalized spacial score (nSPS) is 46.7. The fourth-order valence-electron chi connectivity index (χ4n) is 12.0. The number of aldehydes is 1. The van der Waals surface area contributed by atoms with Gasteiger partial charge in [0.25, 0.3) is 0 Å². The summed E-state index contributed by atoms with van der Waals surface area (Å²) >= 11 is 0. The van der Waals surface area contributed by atoms with Gasteiger partial charge in [-0.25, -0.2) is 0 Å². The van der Waals surface area contributed by atoms with E-state index in [0.29, 0.717) is 28.3 Å². The number of hydrogen-bond acceptors (Lipinski definition) is 2. The summed E-state index contributed by atoms with van der Waals surface area (Å²) in [6.07, 6.45) is 16.8. The fourth-order valence-corrected chi connectivity index (χ4v) is 15.0. The molecule has 222 valence electrons. The number of fused-ring (bicyclic) bond motifs is 7. The summed E-state index contributed by atoms with van der Waals surface area (Å²) in [4.78, 5) is 12.7. The minimum atomic E-state index is -1.64. The molecule has 5 aliphatic rings. The van der Waals surface area contributed by atoms with Gasteiger partial charge in [0.15, 0.2) is 8.32 Å². The van der Waals surface area contributed by atoms with E-state index in [1.165, 1.54) is 75.8 Å². The molecule has 0 bridgehead atoms. The monoisotopic (exact) mass is 554 g/mol. The molecule has 0 spiro atoms. The molecule has 2 unspecified atom stereocenters. The van der Waals surface area contributed by atoms with E-state index in [-0.39, 0.29) is 16.2 Å². The van der Waals surface area contributed by atoms with Gasteiger partial charge in [-0.3, -0.25) is 0 Å². The Labute approximate surface area is 243 Å². The minimum Gasteiger partial charge on any atom is -0.413 e. The molecule has 0 radical (unpaired) electrons. The number of allylic oxidation sites excluding steroid dienone is 2. The first-order valence-electron chi connectivity index (χ1n) is 17.0. The van der Waals surface area contributed by atoms with Crippen LogP contribution in [0.25, 0.3) is 0 Å². The standard InChI is InChI=1S/C36H62O2Si/c1-11-39(12-2,13-3)38-30-17-18-33(8)28(32(30,6)7)16-19-35(10)29(33)15-14-26-27-24-31(4,5)20-22-36(27,25-37)23-21-34(26,35)9/h14,25,27-30H,11-13,15-24H2,1-10H3/t27-,28?,29?,30-,33-,34-,35+,36+/m0/s1. The van der Waals surface area contributed by atoms with E-state index < -0.39 is 8.32 Å². The zero-order valence-electron chi connectivity index (χ0n) is 27.5. The molecule has 4 saturated carbocycles. The second-order valence-corrected chi connectivity index (χ2v) is 22.0. The van der Waals surface area contributed by atoms with Gasteiger partial charge < -0.3 is 9.22 Å². The van der Waals surface area contributed by atoms with Crippen LogP contribution in [0.15, 0.2) is 11.6 Å². The Morgan fingerprint density at radius 1 is 0.846 bits per heavy atom. The molecule has 8 atom stereocenters. The Balaban J connectivity index is 1.49. The molecule has 0 aromatic rings. The third-order valence-corrected chi connectivity index (χ3v) is 19.9. The Bertz CT molecular complexity index is 984. The van der Waals surface area contributed by atoms with Crippen LogP contribution < -0.4 is 0 Å². The Morgan fingerprint density at radius 3 is 2.10 bits per heavy atom. The minimum absolute atomic E-state index is 0.100. The first kappa shape index (κ1) is 30.1. The summed E-state index contributed by atoms with van der Waals surface area (Å²) in [6, 6.07) is 3.75. The van der Waals surface area contributed by atoms with Gasteiger partial charge in [-0.15, -0.1) is 0 Å². The van der Waals surface area contributed by atoms with Crippen LogP contribution in [0.2, 0.25) is 18.1 Å². The fraction of sp³-hybridized carbons (Fsp3) is 0.917. The molecule has 2 nitrogen and oxygen atoms in total. The van der Waals surface area contributed by atoms with Crippen LogP contribution in [0.1, 0.15) is 133 Å². The third kappa shape index (κ3) is 4.11. The van der Waals surface area contributed by atoms with E-state index in [2.05, 4.69) is 75.3 Å². The molecule has 5 rings (SSSR count). The number of carbonyl (C=O) groups excluding carboxylic acids is 1. The van der Waals surface area contributed by atoms with Crippen LogP contribution in [0.5, 0.6) is 0 Å². The first-order chi connectivity index (χ1) is 18.1. The zero-order chi connectivity index (χ0) is 28.7. The molecule has 0 aromatic heterocycles. The highest BCUT2D eigenvalue weighted by Gasteiger charge is 2.68. The van der Waals surface area contributed by atoms with Gasteiger partial charge in [0.05, 0.1) is 6.10 Å². The van der Waals surface area contributed by atoms with Crippen LogP contribution >= 0.6 is 0 Å². The molecule has 0 N–H and O–H groups in total. The lowest BCUT2D eigenvalue weighted by Gasteiger charge is -2.71. The molecule has 0 aromatic carbocycles. The maximum Gasteiger partial charge on any atom is 0.192 e. The number of hydrogen-bond donors (Lipinski definition) is 0. The van der Waals surface area contributed by atoms with Crippen LogP contribution in [-0.4, -0.2) is 20.7 Å².